The van der Waals surface area contributed by atoms with Crippen molar-refractivity contribution in [2.75, 3.05) is 5.73 Å². The van der Waals surface area contributed by atoms with Gasteiger partial charge >= 0.3 is 0 Å². The molecule has 0 unspecified atom stereocenters. The van der Waals surface area contributed by atoms with E-state index in [1.165, 1.54) is 18.2 Å². The monoisotopic (exact) mass is 247 g/mol. The van der Waals surface area contributed by atoms with Gasteiger partial charge in [-0.15, -0.1) is 0 Å². The molecule has 1 heterocycles. The Morgan fingerprint density at radius 1 is 1.50 bits per heavy atom. The van der Waals surface area contributed by atoms with Crippen molar-refractivity contribution in [1.29, 1.82) is 0 Å². The lowest BCUT2D eigenvalue weighted by molar-refractivity contribution is -0.384. The van der Waals surface area contributed by atoms with E-state index >= 15 is 0 Å². The van der Waals surface area contributed by atoms with Crippen LogP contribution in [0.3, 0.4) is 0 Å². The molecule has 0 bridgehead atoms. The maximum Gasteiger partial charge on any atom is 0.270 e. The zero-order valence-electron chi connectivity index (χ0n) is 10.1. The lowest BCUT2D eigenvalue weighted by atomic mass is 10.1. The quantitative estimate of drug-likeness (QED) is 0.503. The smallest absolute Gasteiger partial charge is 0.270 e. The molecule has 0 spiro atoms. The Hall–Kier alpha value is -2.44. The Labute approximate surface area is 103 Å². The van der Waals surface area contributed by atoms with Gasteiger partial charge in [0.25, 0.3) is 5.69 Å². The van der Waals surface area contributed by atoms with Crippen LogP contribution in [0.2, 0.25) is 0 Å². The molecule has 0 aliphatic rings. The molecule has 94 valence electrons. The average molecular weight is 247 g/mol. The largest absolute Gasteiger partial charge is 0.398 e. The highest BCUT2D eigenvalue weighted by Crippen LogP contribution is 2.28. The van der Waals surface area contributed by atoms with Gasteiger partial charge in [0.2, 0.25) is 0 Å². The van der Waals surface area contributed by atoms with Crippen molar-refractivity contribution in [2.45, 2.75) is 13.3 Å². The van der Waals surface area contributed by atoms with Crippen LogP contribution in [0.25, 0.3) is 11.4 Å². The van der Waals surface area contributed by atoms with Gasteiger partial charge in [-0.1, -0.05) is 6.92 Å². The highest BCUT2D eigenvalue weighted by Gasteiger charge is 2.15. The standard InChI is InChI=1S/C11H13N5O2/c1-3-10-13-11(15(2)14-10)8-6-7(16(17)18)4-5-9(8)12/h4-6H,3,12H2,1-2H3. The summed E-state index contributed by atoms with van der Waals surface area (Å²) in [6.45, 7) is 1.94. The first-order valence-corrected chi connectivity index (χ1v) is 5.47. The maximum atomic E-state index is 10.8. The number of nitro groups is 1. The van der Waals surface area contributed by atoms with Gasteiger partial charge in [0.05, 0.1) is 4.92 Å². The zero-order valence-corrected chi connectivity index (χ0v) is 10.1. The topological polar surface area (TPSA) is 99.9 Å². The number of rotatable bonds is 3. The highest BCUT2D eigenvalue weighted by molar-refractivity contribution is 5.74. The summed E-state index contributed by atoms with van der Waals surface area (Å²) in [4.78, 5) is 14.6. The van der Waals surface area contributed by atoms with Gasteiger partial charge in [-0.3, -0.25) is 10.1 Å². The van der Waals surface area contributed by atoms with Crippen molar-refractivity contribution in [3.63, 3.8) is 0 Å². The fourth-order valence-corrected chi connectivity index (χ4v) is 1.67. The predicted octanol–water partition coefficient (Wildman–Crippen LogP) is 1.53. The number of nitro benzene ring substituents is 1. The van der Waals surface area contributed by atoms with Crippen molar-refractivity contribution in [3.8, 4) is 11.4 Å². The van der Waals surface area contributed by atoms with E-state index in [0.717, 1.165) is 0 Å². The van der Waals surface area contributed by atoms with Crippen LogP contribution in [0.15, 0.2) is 18.2 Å². The van der Waals surface area contributed by atoms with Gasteiger partial charge in [0.15, 0.2) is 11.6 Å². The van der Waals surface area contributed by atoms with Crippen LogP contribution in [-0.2, 0) is 13.5 Å². The molecule has 7 nitrogen and oxygen atoms in total. The number of aryl methyl sites for hydroxylation is 2. The molecule has 1 aromatic heterocycles. The normalized spacial score (nSPS) is 10.6. The third-order valence-electron chi connectivity index (χ3n) is 2.61. The van der Waals surface area contributed by atoms with Crippen LogP contribution in [0.4, 0.5) is 11.4 Å². The van der Waals surface area contributed by atoms with E-state index in [9.17, 15) is 10.1 Å². The van der Waals surface area contributed by atoms with Gasteiger partial charge in [-0.2, -0.15) is 5.10 Å². The number of non-ortho nitro benzene ring substituents is 1. The first kappa shape index (κ1) is 12.0. The third-order valence-corrected chi connectivity index (χ3v) is 2.61. The summed E-state index contributed by atoms with van der Waals surface area (Å²) in [6.07, 6.45) is 0.697. The lowest BCUT2D eigenvalue weighted by Crippen LogP contribution is -1.99. The van der Waals surface area contributed by atoms with Gasteiger partial charge in [0, 0.05) is 36.9 Å². The molecule has 1 aromatic carbocycles. The molecule has 0 saturated heterocycles. The molecule has 2 rings (SSSR count). The highest BCUT2D eigenvalue weighted by atomic mass is 16.6. The lowest BCUT2D eigenvalue weighted by Gasteiger charge is -2.04. The third kappa shape index (κ3) is 2.02. The van der Waals surface area contributed by atoms with Crippen LogP contribution in [0.5, 0.6) is 0 Å². The van der Waals surface area contributed by atoms with Crippen LogP contribution in [0, 0.1) is 10.1 Å². The molecule has 0 radical (unpaired) electrons. The molecular formula is C11H13N5O2. The number of nitrogens with two attached hydrogens (primary N) is 1. The molecule has 18 heavy (non-hydrogen) atoms. The molecule has 0 atom stereocenters. The second-order valence-corrected chi connectivity index (χ2v) is 3.86. The second-order valence-electron chi connectivity index (χ2n) is 3.86. The summed E-state index contributed by atoms with van der Waals surface area (Å²) >= 11 is 0. The van der Waals surface area contributed by atoms with Crippen LogP contribution in [0.1, 0.15) is 12.7 Å². The first-order chi connectivity index (χ1) is 8.52. The van der Waals surface area contributed by atoms with Crippen molar-refractivity contribution in [1.82, 2.24) is 14.8 Å². The maximum absolute atomic E-state index is 10.8. The summed E-state index contributed by atoms with van der Waals surface area (Å²) in [5.74, 6) is 1.21. The molecular weight excluding hydrogens is 234 g/mol. The van der Waals surface area contributed by atoms with Crippen molar-refractivity contribution < 1.29 is 4.92 Å². The van der Waals surface area contributed by atoms with E-state index in [1.54, 1.807) is 11.7 Å². The molecule has 0 aliphatic heterocycles. The van der Waals surface area contributed by atoms with E-state index in [2.05, 4.69) is 10.1 Å². The van der Waals surface area contributed by atoms with Gasteiger partial charge < -0.3 is 5.73 Å². The Bertz CT molecular complexity index is 605. The molecule has 0 saturated carbocycles. The number of hydrogen-bond donors (Lipinski definition) is 1. The molecule has 7 heteroatoms. The Kier molecular flexibility index (Phi) is 2.97. The first-order valence-electron chi connectivity index (χ1n) is 5.47. The SMILES string of the molecule is CCc1nc(-c2cc([N+](=O)[O-])ccc2N)n(C)n1. The summed E-state index contributed by atoms with van der Waals surface area (Å²) < 4.78 is 1.58. The van der Waals surface area contributed by atoms with Crippen molar-refractivity contribution in [2.24, 2.45) is 7.05 Å². The van der Waals surface area contributed by atoms with Crippen LogP contribution < -0.4 is 5.73 Å². The second kappa shape index (κ2) is 4.44. The fraction of sp³-hybridized carbons (Fsp3) is 0.273. The number of aromatic nitrogens is 3. The predicted molar refractivity (Wildman–Crippen MR) is 66.9 cm³/mol. The van der Waals surface area contributed by atoms with Crippen LogP contribution >= 0.6 is 0 Å². The number of nitrogen functional groups attached to an aromatic ring is 1. The Balaban J connectivity index is 2.58. The van der Waals surface area contributed by atoms with E-state index in [-0.39, 0.29) is 5.69 Å². The number of anilines is 1. The van der Waals surface area contributed by atoms with E-state index in [1.807, 2.05) is 6.92 Å². The van der Waals surface area contributed by atoms with Crippen LogP contribution in [-0.4, -0.2) is 19.7 Å². The molecule has 0 aliphatic carbocycles. The van der Waals surface area contributed by atoms with Gasteiger partial charge in [-0.05, 0) is 6.07 Å². The Morgan fingerprint density at radius 3 is 2.78 bits per heavy atom. The summed E-state index contributed by atoms with van der Waals surface area (Å²) in [7, 11) is 1.74. The molecule has 2 aromatic rings. The average Bonchev–Trinajstić information content (AvgIpc) is 2.71. The molecule has 2 N–H and O–H groups in total. The zero-order chi connectivity index (χ0) is 13.3. The number of hydrogen-bond acceptors (Lipinski definition) is 5. The van der Waals surface area contributed by atoms with Crippen molar-refractivity contribution in [3.05, 3.63) is 34.1 Å². The fourth-order valence-electron chi connectivity index (χ4n) is 1.67. The summed E-state index contributed by atoms with van der Waals surface area (Å²) in [5.41, 5.74) is 6.79. The Morgan fingerprint density at radius 2 is 2.22 bits per heavy atom. The number of benzene rings is 1. The molecule has 0 amide bonds. The van der Waals surface area contributed by atoms with E-state index in [4.69, 9.17) is 5.73 Å². The van der Waals surface area contributed by atoms with E-state index in [0.29, 0.717) is 29.3 Å². The van der Waals surface area contributed by atoms with Gasteiger partial charge in [0.1, 0.15) is 0 Å². The molecule has 0 fully saturated rings. The minimum absolute atomic E-state index is 0.0137. The minimum atomic E-state index is -0.458. The summed E-state index contributed by atoms with van der Waals surface area (Å²) in [6, 6.07) is 4.29. The number of nitrogens with zero attached hydrogens (tertiary/aromatic N) is 4. The minimum Gasteiger partial charge on any atom is -0.398 e. The summed E-state index contributed by atoms with van der Waals surface area (Å²) in [5, 5.41) is 15.0. The van der Waals surface area contributed by atoms with Crippen molar-refractivity contribution >= 4 is 11.4 Å². The van der Waals surface area contributed by atoms with Gasteiger partial charge in [-0.25, -0.2) is 9.67 Å². The van der Waals surface area contributed by atoms with E-state index < -0.39 is 4.92 Å².